The summed E-state index contributed by atoms with van der Waals surface area (Å²) >= 11 is 1.67. The monoisotopic (exact) mass is 273 g/mol. The fourth-order valence-corrected chi connectivity index (χ4v) is 3.05. The van der Waals surface area contributed by atoms with Gasteiger partial charge in [0.2, 0.25) is 5.89 Å². The van der Waals surface area contributed by atoms with E-state index in [4.69, 9.17) is 4.42 Å². The molecule has 0 aliphatic carbocycles. The van der Waals surface area contributed by atoms with Gasteiger partial charge in [-0.05, 0) is 31.0 Å². The van der Waals surface area contributed by atoms with Gasteiger partial charge in [-0.3, -0.25) is 0 Å². The van der Waals surface area contributed by atoms with Crippen molar-refractivity contribution >= 4 is 21.4 Å². The molecule has 4 nitrogen and oxygen atoms in total. The highest BCUT2D eigenvalue weighted by atomic mass is 32.1. The van der Waals surface area contributed by atoms with Crippen LogP contribution >= 0.6 is 11.3 Å². The topological polar surface area (TPSA) is 51.0 Å². The molecule has 0 saturated carbocycles. The van der Waals surface area contributed by atoms with E-state index in [2.05, 4.69) is 40.6 Å². The van der Waals surface area contributed by atoms with Crippen molar-refractivity contribution in [2.75, 3.05) is 7.05 Å². The molecule has 1 N–H and O–H groups in total. The lowest BCUT2D eigenvalue weighted by molar-refractivity contribution is 0.415. The third-order valence-corrected chi connectivity index (χ3v) is 4.24. The maximum atomic E-state index is 5.77. The third kappa shape index (κ3) is 2.27. The van der Waals surface area contributed by atoms with Crippen molar-refractivity contribution < 1.29 is 4.42 Å². The molecular formula is C14H15N3OS. The van der Waals surface area contributed by atoms with Crippen molar-refractivity contribution in [2.24, 2.45) is 0 Å². The summed E-state index contributed by atoms with van der Waals surface area (Å²) in [6.45, 7) is 2.09. The Labute approximate surface area is 115 Å². The SMILES string of the molecule is CCC(NC)c1nnc(-c2cc3ccccc3s2)o1. The maximum absolute atomic E-state index is 5.77. The summed E-state index contributed by atoms with van der Waals surface area (Å²) in [6, 6.07) is 10.5. The van der Waals surface area contributed by atoms with Gasteiger partial charge < -0.3 is 9.73 Å². The molecule has 3 aromatic rings. The van der Waals surface area contributed by atoms with Gasteiger partial charge in [0.15, 0.2) is 0 Å². The summed E-state index contributed by atoms with van der Waals surface area (Å²) in [5.41, 5.74) is 0. The van der Waals surface area contributed by atoms with E-state index < -0.39 is 0 Å². The van der Waals surface area contributed by atoms with Gasteiger partial charge in [-0.25, -0.2) is 0 Å². The van der Waals surface area contributed by atoms with E-state index in [9.17, 15) is 0 Å². The van der Waals surface area contributed by atoms with Crippen molar-refractivity contribution in [1.82, 2.24) is 15.5 Å². The van der Waals surface area contributed by atoms with Crippen molar-refractivity contribution in [3.8, 4) is 10.8 Å². The molecule has 19 heavy (non-hydrogen) atoms. The molecule has 1 aromatic carbocycles. The number of fused-ring (bicyclic) bond motifs is 1. The van der Waals surface area contributed by atoms with E-state index in [1.54, 1.807) is 11.3 Å². The summed E-state index contributed by atoms with van der Waals surface area (Å²) in [5.74, 6) is 1.25. The lowest BCUT2D eigenvalue weighted by Gasteiger charge is -2.06. The number of benzene rings is 1. The number of hydrogen-bond acceptors (Lipinski definition) is 5. The minimum Gasteiger partial charge on any atom is -0.418 e. The van der Waals surface area contributed by atoms with Crippen molar-refractivity contribution in [1.29, 1.82) is 0 Å². The van der Waals surface area contributed by atoms with Gasteiger partial charge in [0, 0.05) is 4.70 Å². The van der Waals surface area contributed by atoms with Gasteiger partial charge in [0.1, 0.15) is 0 Å². The van der Waals surface area contributed by atoms with Crippen LogP contribution in [0.5, 0.6) is 0 Å². The molecule has 0 spiro atoms. The molecule has 98 valence electrons. The van der Waals surface area contributed by atoms with Gasteiger partial charge in [-0.15, -0.1) is 21.5 Å². The Morgan fingerprint density at radius 1 is 1.32 bits per heavy atom. The van der Waals surface area contributed by atoms with E-state index in [1.165, 1.54) is 10.1 Å². The number of rotatable bonds is 4. The van der Waals surface area contributed by atoms with Crippen LogP contribution < -0.4 is 5.32 Å². The number of nitrogens with one attached hydrogen (secondary N) is 1. The van der Waals surface area contributed by atoms with E-state index in [-0.39, 0.29) is 6.04 Å². The molecule has 3 rings (SSSR count). The quantitative estimate of drug-likeness (QED) is 0.788. The summed E-state index contributed by atoms with van der Waals surface area (Å²) in [4.78, 5) is 1.02. The summed E-state index contributed by atoms with van der Waals surface area (Å²) < 4.78 is 7.00. The number of thiophene rings is 1. The minimum atomic E-state index is 0.121. The maximum Gasteiger partial charge on any atom is 0.257 e. The molecule has 0 radical (unpaired) electrons. The molecule has 1 atom stereocenters. The van der Waals surface area contributed by atoms with Crippen LogP contribution in [0.3, 0.4) is 0 Å². The van der Waals surface area contributed by atoms with E-state index in [0.29, 0.717) is 11.8 Å². The molecule has 0 fully saturated rings. The Bertz CT molecular complexity index is 652. The zero-order valence-corrected chi connectivity index (χ0v) is 11.7. The predicted molar refractivity (Wildman–Crippen MR) is 77.2 cm³/mol. The van der Waals surface area contributed by atoms with E-state index in [0.717, 1.165) is 11.3 Å². The predicted octanol–water partition coefficient (Wildman–Crippen LogP) is 3.62. The first-order valence-electron chi connectivity index (χ1n) is 6.31. The van der Waals surface area contributed by atoms with Crippen LogP contribution in [0.4, 0.5) is 0 Å². The molecule has 0 saturated heterocycles. The largest absolute Gasteiger partial charge is 0.418 e. The van der Waals surface area contributed by atoms with Crippen molar-refractivity contribution in [3.63, 3.8) is 0 Å². The second-order valence-corrected chi connectivity index (χ2v) is 5.43. The highest BCUT2D eigenvalue weighted by Gasteiger charge is 2.17. The lowest BCUT2D eigenvalue weighted by atomic mass is 10.2. The van der Waals surface area contributed by atoms with Gasteiger partial charge in [0.05, 0.1) is 10.9 Å². The standard InChI is InChI=1S/C14H15N3OS/c1-3-10(15-2)13-16-17-14(18-13)12-8-9-6-4-5-7-11(9)19-12/h4-8,10,15H,3H2,1-2H3. The van der Waals surface area contributed by atoms with E-state index in [1.807, 2.05) is 19.2 Å². The molecular weight excluding hydrogens is 258 g/mol. The van der Waals surface area contributed by atoms with Crippen LogP contribution in [-0.4, -0.2) is 17.2 Å². The average molecular weight is 273 g/mol. The van der Waals surface area contributed by atoms with Crippen molar-refractivity contribution in [2.45, 2.75) is 19.4 Å². The molecule has 0 aliphatic heterocycles. The highest BCUT2D eigenvalue weighted by molar-refractivity contribution is 7.22. The fourth-order valence-electron chi connectivity index (χ4n) is 2.06. The summed E-state index contributed by atoms with van der Waals surface area (Å²) in [7, 11) is 1.90. The Balaban J connectivity index is 1.97. The highest BCUT2D eigenvalue weighted by Crippen LogP contribution is 2.33. The minimum absolute atomic E-state index is 0.121. The Hall–Kier alpha value is -1.72. The van der Waals surface area contributed by atoms with Crippen LogP contribution in [0, 0.1) is 0 Å². The second kappa shape index (κ2) is 5.11. The van der Waals surface area contributed by atoms with E-state index >= 15 is 0 Å². The Morgan fingerprint density at radius 2 is 2.16 bits per heavy atom. The first kappa shape index (κ1) is 12.3. The molecule has 0 aliphatic rings. The number of hydrogen-bond donors (Lipinski definition) is 1. The molecule has 2 aromatic heterocycles. The van der Waals surface area contributed by atoms with Gasteiger partial charge in [-0.2, -0.15) is 0 Å². The number of nitrogens with zero attached hydrogens (tertiary/aromatic N) is 2. The summed E-state index contributed by atoms with van der Waals surface area (Å²) in [6.07, 6.45) is 0.921. The molecule has 0 amide bonds. The number of aromatic nitrogens is 2. The molecule has 1 unspecified atom stereocenters. The first-order valence-corrected chi connectivity index (χ1v) is 7.13. The van der Waals surface area contributed by atoms with Crippen LogP contribution in [-0.2, 0) is 0 Å². The van der Waals surface area contributed by atoms with Gasteiger partial charge >= 0.3 is 0 Å². The average Bonchev–Trinajstić information content (AvgIpc) is 3.06. The van der Waals surface area contributed by atoms with Crippen LogP contribution in [0.25, 0.3) is 20.9 Å². The lowest BCUT2D eigenvalue weighted by Crippen LogP contribution is -2.15. The Kier molecular flexibility index (Phi) is 3.31. The summed E-state index contributed by atoms with van der Waals surface area (Å²) in [5, 5.41) is 12.7. The normalized spacial score (nSPS) is 12.9. The third-order valence-electron chi connectivity index (χ3n) is 3.13. The smallest absolute Gasteiger partial charge is 0.257 e. The fraction of sp³-hybridized carbons (Fsp3) is 0.286. The molecule has 0 bridgehead atoms. The molecule has 5 heteroatoms. The zero-order chi connectivity index (χ0) is 13.2. The van der Waals surface area contributed by atoms with Crippen LogP contribution in [0.1, 0.15) is 25.3 Å². The van der Waals surface area contributed by atoms with Gasteiger partial charge in [-0.1, -0.05) is 25.1 Å². The Morgan fingerprint density at radius 3 is 2.89 bits per heavy atom. The van der Waals surface area contributed by atoms with Crippen molar-refractivity contribution in [3.05, 3.63) is 36.2 Å². The first-order chi connectivity index (χ1) is 9.31. The van der Waals surface area contributed by atoms with Crippen LogP contribution in [0.2, 0.25) is 0 Å². The molecule has 2 heterocycles. The second-order valence-electron chi connectivity index (χ2n) is 4.34. The van der Waals surface area contributed by atoms with Crippen LogP contribution in [0.15, 0.2) is 34.7 Å². The van der Waals surface area contributed by atoms with Gasteiger partial charge in [0.25, 0.3) is 5.89 Å². The zero-order valence-electron chi connectivity index (χ0n) is 10.9.